The smallest absolute Gasteiger partial charge is 0.372 e. The molecule has 0 saturated heterocycles. The molecule has 2 heterocycles. The predicted molar refractivity (Wildman–Crippen MR) is 123 cm³/mol. The van der Waals surface area contributed by atoms with Gasteiger partial charge in [-0.25, -0.2) is 9.48 Å². The van der Waals surface area contributed by atoms with Crippen molar-refractivity contribution in [1.82, 2.24) is 9.78 Å². The third-order valence-electron chi connectivity index (χ3n) is 4.68. The zero-order chi connectivity index (χ0) is 22.2. The molecule has 0 radical (unpaired) electrons. The van der Waals surface area contributed by atoms with Crippen molar-refractivity contribution in [2.75, 3.05) is 12.0 Å². The van der Waals surface area contributed by atoms with Crippen LogP contribution in [-0.2, 0) is 16.1 Å². The van der Waals surface area contributed by atoms with Crippen molar-refractivity contribution in [3.8, 4) is 16.9 Å². The molecule has 0 aliphatic rings. The van der Waals surface area contributed by atoms with Crippen LogP contribution in [0, 0.1) is 0 Å². The first-order valence-electron chi connectivity index (χ1n) is 10.4. The van der Waals surface area contributed by atoms with Crippen LogP contribution < -0.4 is 9.99 Å². The molecule has 1 N–H and O–H groups in total. The fourth-order valence-corrected chi connectivity index (χ4v) is 3.22. The molecule has 0 amide bonds. The van der Waals surface area contributed by atoms with E-state index in [0.29, 0.717) is 6.61 Å². The van der Waals surface area contributed by atoms with E-state index in [2.05, 4.69) is 10.5 Å². The topological polar surface area (TPSA) is 72.4 Å². The van der Waals surface area contributed by atoms with Crippen LogP contribution in [0.3, 0.4) is 0 Å². The van der Waals surface area contributed by atoms with E-state index in [1.165, 1.54) is 0 Å². The van der Waals surface area contributed by atoms with Gasteiger partial charge in [0.05, 0.1) is 29.8 Å². The minimum absolute atomic E-state index is 0.139. The zero-order valence-electron chi connectivity index (χ0n) is 17.8. The maximum absolute atomic E-state index is 11.9. The van der Waals surface area contributed by atoms with E-state index < -0.39 is 0 Å². The van der Waals surface area contributed by atoms with Gasteiger partial charge in [0.15, 0.2) is 12.4 Å². The minimum Gasteiger partial charge on any atom is -0.461 e. The molecule has 0 saturated carbocycles. The second-order valence-corrected chi connectivity index (χ2v) is 7.02. The van der Waals surface area contributed by atoms with Gasteiger partial charge >= 0.3 is 5.97 Å². The van der Waals surface area contributed by atoms with Gasteiger partial charge in [0.25, 0.3) is 0 Å². The Hall–Kier alpha value is -4.26. The number of anilines is 1. The van der Waals surface area contributed by atoms with Crippen molar-refractivity contribution in [1.29, 1.82) is 0 Å². The molecule has 7 heteroatoms. The number of carbonyl (C=O) groups excluding carboxylic acids is 1. The Labute approximate surface area is 186 Å². The summed E-state index contributed by atoms with van der Waals surface area (Å²) >= 11 is 0. The minimum atomic E-state index is -0.279. The van der Waals surface area contributed by atoms with E-state index >= 15 is 0 Å². The van der Waals surface area contributed by atoms with Crippen LogP contribution in [0.5, 0.6) is 0 Å². The van der Waals surface area contributed by atoms with E-state index in [0.717, 1.165) is 28.2 Å². The van der Waals surface area contributed by atoms with Crippen molar-refractivity contribution in [2.24, 2.45) is 5.10 Å². The molecule has 0 aliphatic heterocycles. The van der Waals surface area contributed by atoms with Gasteiger partial charge < -0.3 is 4.74 Å². The quantitative estimate of drug-likeness (QED) is 0.201. The van der Waals surface area contributed by atoms with Crippen molar-refractivity contribution in [2.45, 2.75) is 13.5 Å². The number of esters is 1. The molecule has 0 fully saturated rings. The fraction of sp³-hybridized carbons (Fsp3) is 0.120. The molecule has 2 aromatic heterocycles. The van der Waals surface area contributed by atoms with Crippen LogP contribution in [0.1, 0.15) is 12.5 Å². The summed E-state index contributed by atoms with van der Waals surface area (Å²) in [4.78, 5) is 11.9. The number of pyridine rings is 1. The Kier molecular flexibility index (Phi) is 6.67. The zero-order valence-corrected chi connectivity index (χ0v) is 17.8. The third kappa shape index (κ3) is 5.26. The molecule has 32 heavy (non-hydrogen) atoms. The summed E-state index contributed by atoms with van der Waals surface area (Å²) < 4.78 is 8.67. The van der Waals surface area contributed by atoms with Gasteiger partial charge in [0.1, 0.15) is 5.69 Å². The number of carbonyl (C=O) groups is 1. The van der Waals surface area contributed by atoms with Crippen LogP contribution in [0.2, 0.25) is 0 Å². The van der Waals surface area contributed by atoms with Crippen LogP contribution >= 0.6 is 0 Å². The van der Waals surface area contributed by atoms with Crippen molar-refractivity contribution in [3.63, 3.8) is 0 Å². The highest BCUT2D eigenvalue weighted by molar-refractivity contribution is 5.89. The number of nitrogens with one attached hydrogen (secondary N) is 1. The largest absolute Gasteiger partial charge is 0.461 e. The Morgan fingerprint density at radius 3 is 2.59 bits per heavy atom. The third-order valence-corrected chi connectivity index (χ3v) is 4.68. The summed E-state index contributed by atoms with van der Waals surface area (Å²) in [5.74, 6) is -0.279. The Morgan fingerprint density at radius 1 is 1.09 bits per heavy atom. The first kappa shape index (κ1) is 21.0. The monoisotopic (exact) mass is 426 g/mol. The lowest BCUT2D eigenvalue weighted by atomic mass is 10.1. The fourth-order valence-electron chi connectivity index (χ4n) is 3.22. The Morgan fingerprint density at radius 2 is 1.84 bits per heavy atom. The molecule has 160 valence electrons. The second-order valence-electron chi connectivity index (χ2n) is 7.02. The number of nitrogens with zero attached hydrogens (tertiary/aromatic N) is 4. The van der Waals surface area contributed by atoms with E-state index in [1.807, 2.05) is 96.1 Å². The summed E-state index contributed by atoms with van der Waals surface area (Å²) in [6.45, 7) is 2.29. The van der Waals surface area contributed by atoms with E-state index in [1.54, 1.807) is 17.7 Å². The summed E-state index contributed by atoms with van der Waals surface area (Å²) in [5.41, 5.74) is 7.34. The lowest BCUT2D eigenvalue weighted by Gasteiger charge is -2.02. The van der Waals surface area contributed by atoms with E-state index in [4.69, 9.17) is 9.84 Å². The molecular weight excluding hydrogens is 402 g/mol. The number of hydrogen-bond donors (Lipinski definition) is 1. The van der Waals surface area contributed by atoms with Gasteiger partial charge in [-0.15, -0.1) is 0 Å². The average Bonchev–Trinajstić information content (AvgIpc) is 3.25. The number of aromatic nitrogens is 3. The molecule has 0 unspecified atom stereocenters. The van der Waals surface area contributed by atoms with Crippen LogP contribution in [0.4, 0.5) is 5.69 Å². The summed E-state index contributed by atoms with van der Waals surface area (Å²) in [6, 6.07) is 23.5. The molecule has 4 rings (SSSR count). The number of rotatable bonds is 8. The van der Waals surface area contributed by atoms with Gasteiger partial charge in [-0.05, 0) is 37.3 Å². The van der Waals surface area contributed by atoms with Gasteiger partial charge in [-0.2, -0.15) is 14.8 Å². The lowest BCUT2D eigenvalue weighted by Crippen LogP contribution is -2.38. The molecule has 0 bridgehead atoms. The maximum Gasteiger partial charge on any atom is 0.372 e. The van der Waals surface area contributed by atoms with Crippen molar-refractivity contribution in [3.05, 3.63) is 97.0 Å². The SMILES string of the molecule is CCOC(=O)C[n+]1cccc(-c2nn(-c3ccccc3)cc2C=NNc2ccccc2)c1. The molecule has 0 spiro atoms. The first-order valence-corrected chi connectivity index (χ1v) is 10.4. The Balaban J connectivity index is 1.67. The molecule has 4 aromatic rings. The van der Waals surface area contributed by atoms with E-state index in [-0.39, 0.29) is 12.5 Å². The summed E-state index contributed by atoms with van der Waals surface area (Å²) in [7, 11) is 0. The number of para-hydroxylation sites is 2. The highest BCUT2D eigenvalue weighted by atomic mass is 16.5. The summed E-state index contributed by atoms with van der Waals surface area (Å²) in [6.07, 6.45) is 7.40. The number of benzene rings is 2. The van der Waals surface area contributed by atoms with Gasteiger partial charge in [-0.1, -0.05) is 36.4 Å². The van der Waals surface area contributed by atoms with Gasteiger partial charge in [-0.3, -0.25) is 5.43 Å². The number of hydrazone groups is 1. The molecule has 2 aromatic carbocycles. The van der Waals surface area contributed by atoms with Crippen LogP contribution in [0.25, 0.3) is 16.9 Å². The van der Waals surface area contributed by atoms with Crippen molar-refractivity contribution < 1.29 is 14.1 Å². The van der Waals surface area contributed by atoms with Crippen molar-refractivity contribution >= 4 is 17.9 Å². The second kappa shape index (κ2) is 10.2. The van der Waals surface area contributed by atoms with Gasteiger partial charge in [0, 0.05) is 17.8 Å². The molecule has 0 aliphatic carbocycles. The maximum atomic E-state index is 11.9. The molecule has 0 atom stereocenters. The standard InChI is InChI=1S/C25H24N5O2/c1-2-32-24(31)19-29-15-9-10-20(17-29)25-21(16-26-27-22-11-5-3-6-12-22)18-30(28-25)23-13-7-4-8-14-23/h3-18,27H,2,19H2,1H3/q+1. The normalized spacial score (nSPS) is 10.9. The molecular formula is C25H24N5O2+. The van der Waals surface area contributed by atoms with Crippen LogP contribution in [-0.4, -0.2) is 28.6 Å². The Bertz CT molecular complexity index is 1200. The van der Waals surface area contributed by atoms with Crippen LogP contribution in [0.15, 0.2) is 96.5 Å². The number of hydrogen-bond acceptors (Lipinski definition) is 5. The lowest BCUT2D eigenvalue weighted by molar-refractivity contribution is -0.685. The summed E-state index contributed by atoms with van der Waals surface area (Å²) in [5, 5.41) is 9.19. The van der Waals surface area contributed by atoms with Gasteiger partial charge in [0.2, 0.25) is 6.54 Å². The predicted octanol–water partition coefficient (Wildman–Crippen LogP) is 3.84. The first-order chi connectivity index (χ1) is 15.7. The highest BCUT2D eigenvalue weighted by Crippen LogP contribution is 2.21. The highest BCUT2D eigenvalue weighted by Gasteiger charge is 2.16. The average molecular weight is 427 g/mol. The molecule has 7 nitrogen and oxygen atoms in total. The van der Waals surface area contributed by atoms with E-state index in [9.17, 15) is 4.79 Å². The number of ether oxygens (including phenoxy) is 1.